The highest BCUT2D eigenvalue weighted by Crippen LogP contribution is 2.10. The first-order chi connectivity index (χ1) is 8.16. The molecule has 0 bridgehead atoms. The molecule has 84 valence electrons. The van der Waals surface area contributed by atoms with E-state index in [4.69, 9.17) is 0 Å². The van der Waals surface area contributed by atoms with Gasteiger partial charge in [-0.05, 0) is 23.1 Å². The van der Waals surface area contributed by atoms with Crippen molar-refractivity contribution in [2.24, 2.45) is 5.92 Å². The second-order valence-corrected chi connectivity index (χ2v) is 6.86. The summed E-state index contributed by atoms with van der Waals surface area (Å²) in [6, 6.07) is 14.6. The van der Waals surface area contributed by atoms with Gasteiger partial charge in [0, 0.05) is 3.91 Å². The predicted molar refractivity (Wildman–Crippen MR) is 73.8 cm³/mol. The highest BCUT2D eigenvalue weighted by atomic mass is 24.5. The molecular formula is C15H16MgO. The minimum absolute atomic E-state index is 0.469. The molecule has 0 aromatic heterocycles. The van der Waals surface area contributed by atoms with E-state index in [9.17, 15) is 4.79 Å². The van der Waals surface area contributed by atoms with E-state index in [0.29, 0.717) is 9.83 Å². The zero-order valence-electron chi connectivity index (χ0n) is 10.4. The molecule has 0 N–H and O–H groups in total. The zero-order valence-corrected chi connectivity index (χ0v) is 11.9. The number of carbonyl (C=O) groups is 1. The SMILES string of the molecule is CC(C)C[C](=O)[Mg][c]1cccc2ccccc12. The average Bonchev–Trinajstić information content (AvgIpc) is 2.28. The first-order valence-corrected chi connectivity index (χ1v) is 7.56. The summed E-state index contributed by atoms with van der Waals surface area (Å²) in [6.07, 6.45) is 0.732. The van der Waals surface area contributed by atoms with Crippen LogP contribution in [0.3, 0.4) is 0 Å². The number of fused-ring (bicyclic) bond motifs is 1. The molecule has 2 aromatic rings. The van der Waals surface area contributed by atoms with Crippen molar-refractivity contribution in [1.29, 1.82) is 0 Å². The van der Waals surface area contributed by atoms with Crippen molar-refractivity contribution < 1.29 is 4.79 Å². The van der Waals surface area contributed by atoms with E-state index < -0.39 is 20.4 Å². The van der Waals surface area contributed by atoms with E-state index in [0.717, 1.165) is 6.42 Å². The van der Waals surface area contributed by atoms with Gasteiger partial charge in [-0.15, -0.1) is 0 Å². The Bertz CT molecular complexity index is 526. The van der Waals surface area contributed by atoms with Gasteiger partial charge in [0.05, 0.1) is 0 Å². The van der Waals surface area contributed by atoms with Crippen LogP contribution < -0.4 is 3.69 Å². The number of benzene rings is 2. The summed E-state index contributed by atoms with van der Waals surface area (Å²) in [4.78, 5) is 11.9. The standard InChI is InChI=1S/C10H7.C5H9O.Mg/c1-2-6-10-8-4-3-7-9(10)5-1;1-5(2)3-4-6;/h1-7H;5H,3H2,1-2H3;. The topological polar surface area (TPSA) is 17.1 Å². The highest BCUT2D eigenvalue weighted by Gasteiger charge is 2.13. The maximum Gasteiger partial charge on any atom is 0.509 e. The molecule has 1 nitrogen and oxygen atoms in total. The second kappa shape index (κ2) is 5.65. The summed E-state index contributed by atoms with van der Waals surface area (Å²) < 4.78 is 1.75. The predicted octanol–water partition coefficient (Wildman–Crippen LogP) is 2.74. The first kappa shape index (κ1) is 12.6. The van der Waals surface area contributed by atoms with Crippen molar-refractivity contribution in [2.45, 2.75) is 20.3 Å². The first-order valence-electron chi connectivity index (χ1n) is 6.15. The smallest absolute Gasteiger partial charge is 0.335 e. The number of hydrogen-bond donors (Lipinski definition) is 0. The number of rotatable bonds is 4. The van der Waals surface area contributed by atoms with Gasteiger partial charge in [-0.2, -0.15) is 3.69 Å². The molecule has 0 heterocycles. The van der Waals surface area contributed by atoms with E-state index in [2.05, 4.69) is 44.2 Å². The van der Waals surface area contributed by atoms with Gasteiger partial charge in [0.15, 0.2) is 0 Å². The maximum atomic E-state index is 11.9. The van der Waals surface area contributed by atoms with E-state index >= 15 is 0 Å². The van der Waals surface area contributed by atoms with E-state index in [1.165, 1.54) is 14.5 Å². The molecule has 0 fully saturated rings. The Hall–Kier alpha value is -0.864. The van der Waals surface area contributed by atoms with Gasteiger partial charge in [-0.25, -0.2) is 0 Å². The maximum absolute atomic E-state index is 11.9. The third-order valence-corrected chi connectivity index (χ3v) is 4.58. The van der Waals surface area contributed by atoms with Crippen molar-refractivity contribution >= 4 is 38.7 Å². The van der Waals surface area contributed by atoms with Gasteiger partial charge in [-0.1, -0.05) is 56.3 Å². The summed E-state index contributed by atoms with van der Waals surface area (Å²) in [5.74, 6) is 0.477. The van der Waals surface area contributed by atoms with Gasteiger partial charge in [0.25, 0.3) is 0 Å². The Morgan fingerprint density at radius 3 is 2.59 bits per heavy atom. The van der Waals surface area contributed by atoms with Crippen LogP contribution >= 0.6 is 0 Å². The second-order valence-electron chi connectivity index (χ2n) is 4.95. The van der Waals surface area contributed by atoms with Crippen LogP contribution in [0.4, 0.5) is 0 Å². The van der Waals surface area contributed by atoms with Crippen molar-refractivity contribution in [3.8, 4) is 0 Å². The largest absolute Gasteiger partial charge is 0.509 e. The molecule has 2 aromatic carbocycles. The lowest BCUT2D eigenvalue weighted by Crippen LogP contribution is -2.25. The normalized spacial score (nSPS) is 10.5. The van der Waals surface area contributed by atoms with Crippen LogP contribution in [-0.2, 0) is 4.79 Å². The van der Waals surface area contributed by atoms with Crippen LogP contribution in [0.2, 0.25) is 0 Å². The summed E-state index contributed by atoms with van der Waals surface area (Å²) >= 11 is -0.791. The minimum Gasteiger partial charge on any atom is -0.335 e. The van der Waals surface area contributed by atoms with Crippen molar-refractivity contribution in [3.63, 3.8) is 0 Å². The van der Waals surface area contributed by atoms with E-state index in [-0.39, 0.29) is 0 Å². The van der Waals surface area contributed by atoms with Gasteiger partial charge in [0.1, 0.15) is 0 Å². The summed E-state index contributed by atoms with van der Waals surface area (Å²) in [7, 11) is 0. The van der Waals surface area contributed by atoms with Crippen molar-refractivity contribution in [1.82, 2.24) is 0 Å². The van der Waals surface area contributed by atoms with Crippen LogP contribution in [0.15, 0.2) is 42.5 Å². The number of hydrogen-bond acceptors (Lipinski definition) is 1. The molecule has 0 aliphatic rings. The molecule has 0 radical (unpaired) electrons. The van der Waals surface area contributed by atoms with Gasteiger partial charge < -0.3 is 4.79 Å². The molecule has 0 spiro atoms. The molecule has 0 atom stereocenters. The van der Waals surface area contributed by atoms with Gasteiger partial charge in [0.2, 0.25) is 0 Å². The lowest BCUT2D eigenvalue weighted by molar-refractivity contribution is -0.112. The zero-order chi connectivity index (χ0) is 12.3. The molecule has 2 heteroatoms. The lowest BCUT2D eigenvalue weighted by atomic mass is 10.1. The summed E-state index contributed by atoms with van der Waals surface area (Å²) in [6.45, 7) is 4.21. The quantitative estimate of drug-likeness (QED) is 0.746. The molecule has 0 unspecified atom stereocenters. The number of carbonyl (C=O) groups excluding carboxylic acids is 1. The summed E-state index contributed by atoms with van der Waals surface area (Å²) in [5, 5.41) is 2.51. The van der Waals surface area contributed by atoms with Gasteiger partial charge in [-0.3, -0.25) is 0 Å². The third-order valence-electron chi connectivity index (χ3n) is 2.90. The van der Waals surface area contributed by atoms with Crippen molar-refractivity contribution in [2.75, 3.05) is 0 Å². The van der Waals surface area contributed by atoms with Crippen LogP contribution in [0.25, 0.3) is 10.8 Å². The molecule has 2 rings (SSSR count). The molecule has 0 saturated heterocycles. The molecular weight excluding hydrogens is 220 g/mol. The lowest BCUT2D eigenvalue weighted by Gasteiger charge is -2.06. The Balaban J connectivity index is 2.27. The molecule has 0 amide bonds. The molecule has 17 heavy (non-hydrogen) atoms. The Labute approximate surface area is 112 Å². The molecule has 0 aliphatic carbocycles. The van der Waals surface area contributed by atoms with Crippen molar-refractivity contribution in [3.05, 3.63) is 42.5 Å². The Kier molecular flexibility index (Phi) is 4.18. The van der Waals surface area contributed by atoms with E-state index in [1.54, 1.807) is 0 Å². The van der Waals surface area contributed by atoms with Crippen LogP contribution in [0, 0.1) is 5.92 Å². The van der Waals surface area contributed by atoms with Gasteiger partial charge >= 0.3 is 20.4 Å². The minimum atomic E-state index is -0.791. The average molecular weight is 237 g/mol. The van der Waals surface area contributed by atoms with E-state index in [1.807, 2.05) is 12.1 Å². The van der Waals surface area contributed by atoms with Crippen LogP contribution in [0.1, 0.15) is 20.3 Å². The van der Waals surface area contributed by atoms with Crippen LogP contribution in [-0.4, -0.2) is 24.3 Å². The Morgan fingerprint density at radius 1 is 1.12 bits per heavy atom. The Morgan fingerprint density at radius 2 is 1.82 bits per heavy atom. The summed E-state index contributed by atoms with van der Waals surface area (Å²) in [5.41, 5.74) is 0. The molecule has 0 aliphatic heterocycles. The van der Waals surface area contributed by atoms with Crippen LogP contribution in [0.5, 0.6) is 0 Å². The fraction of sp³-hybridized carbons (Fsp3) is 0.267. The third kappa shape index (κ3) is 3.30. The highest BCUT2D eigenvalue weighted by molar-refractivity contribution is 6.85. The monoisotopic (exact) mass is 236 g/mol. The fourth-order valence-corrected chi connectivity index (χ4v) is 4.10. The fourth-order valence-electron chi connectivity index (χ4n) is 2.19. The molecule has 0 saturated carbocycles.